The van der Waals surface area contributed by atoms with Crippen LogP contribution >= 0.6 is 0 Å². The smallest absolute Gasteiger partial charge is 0.308 e. The number of esters is 1. The molecule has 3 aliphatic heterocycles. The summed E-state index contributed by atoms with van der Waals surface area (Å²) in [5.74, 6) is -2.46. The van der Waals surface area contributed by atoms with E-state index in [0.29, 0.717) is 25.8 Å². The van der Waals surface area contributed by atoms with Gasteiger partial charge in [0.2, 0.25) is 0 Å². The van der Waals surface area contributed by atoms with Crippen LogP contribution in [-0.4, -0.2) is 118 Å². The fourth-order valence-electron chi connectivity index (χ4n) is 7.77. The lowest BCUT2D eigenvalue weighted by Crippen LogP contribution is -2.63. The first kappa shape index (κ1) is 40.3. The molecule has 0 radical (unpaired) electrons. The van der Waals surface area contributed by atoms with Crippen LogP contribution in [0.3, 0.4) is 0 Å². The summed E-state index contributed by atoms with van der Waals surface area (Å²) in [6, 6.07) is 7.69. The fraction of sp³-hybridized carbons (Fsp3) is 0.692. The van der Waals surface area contributed by atoms with Crippen molar-refractivity contribution in [1.82, 2.24) is 9.80 Å². The van der Waals surface area contributed by atoms with Crippen molar-refractivity contribution in [2.45, 2.75) is 122 Å². The normalized spacial score (nSPS) is 38.4. The summed E-state index contributed by atoms with van der Waals surface area (Å²) in [6.07, 6.45) is -0.186. The van der Waals surface area contributed by atoms with E-state index in [1.807, 2.05) is 45.9 Å². The summed E-state index contributed by atoms with van der Waals surface area (Å²) in [5, 5.41) is 44.1. The number of cyclic esters (lactones) is 1. The van der Waals surface area contributed by atoms with Gasteiger partial charge in [-0.2, -0.15) is 0 Å². The van der Waals surface area contributed by atoms with E-state index < -0.39 is 72.7 Å². The maximum Gasteiger partial charge on any atom is 0.308 e. The first-order valence-electron chi connectivity index (χ1n) is 18.2. The zero-order valence-electron chi connectivity index (χ0n) is 30.9. The second-order valence-electron chi connectivity index (χ2n) is 15.0. The monoisotopic (exact) mass is 700 g/mol. The third kappa shape index (κ3) is 10.1. The van der Waals surface area contributed by atoms with Gasteiger partial charge in [0.05, 0.1) is 43.5 Å². The number of ether oxygens (including phenoxy) is 3. The van der Waals surface area contributed by atoms with Gasteiger partial charge in [0.25, 0.3) is 0 Å². The second-order valence-corrected chi connectivity index (χ2v) is 15.0. The number of likely N-dealkylation sites (N-methyl/N-ethyl adjacent to an activating group) is 1. The van der Waals surface area contributed by atoms with Gasteiger partial charge in [-0.25, -0.2) is 0 Å². The molecule has 11 nitrogen and oxygen atoms in total. The Hall–Kier alpha value is -2.48. The highest BCUT2D eigenvalue weighted by molar-refractivity contribution is 5.91. The highest BCUT2D eigenvalue weighted by Crippen LogP contribution is 2.35. The Bertz CT molecular complexity index is 1310. The molecule has 1 aromatic rings. The van der Waals surface area contributed by atoms with Crippen molar-refractivity contribution < 1.29 is 44.2 Å². The molecule has 1 fully saturated rings. The van der Waals surface area contributed by atoms with Crippen molar-refractivity contribution in [3.05, 3.63) is 59.2 Å². The Labute approximate surface area is 297 Å². The molecule has 12 atom stereocenters. The van der Waals surface area contributed by atoms with Gasteiger partial charge in [-0.05, 0) is 76.9 Å². The van der Waals surface area contributed by atoms with E-state index in [2.05, 4.69) is 17.0 Å². The molecular weight excluding hydrogens is 640 g/mol. The number of nitrogens with zero attached hydrogens (tertiary/aromatic N) is 2. The molecule has 1 aromatic carbocycles. The molecule has 0 aromatic heterocycles. The van der Waals surface area contributed by atoms with Gasteiger partial charge in [-0.3, -0.25) is 14.5 Å². The number of hydrogen-bond donors (Lipinski definition) is 4. The molecule has 4 N–H and O–H groups in total. The zero-order chi connectivity index (χ0) is 36.7. The molecule has 4 rings (SSSR count). The first-order valence-corrected chi connectivity index (χ1v) is 18.2. The van der Waals surface area contributed by atoms with E-state index in [-0.39, 0.29) is 24.7 Å². The molecule has 0 aliphatic carbocycles. The van der Waals surface area contributed by atoms with E-state index >= 15 is 0 Å². The van der Waals surface area contributed by atoms with Gasteiger partial charge in [0.15, 0.2) is 12.1 Å². The predicted octanol–water partition coefficient (Wildman–Crippen LogP) is 3.22. The minimum atomic E-state index is -1.21. The van der Waals surface area contributed by atoms with E-state index in [4.69, 9.17) is 14.2 Å². The largest absolute Gasteiger partial charge is 0.462 e. The molecule has 280 valence electrons. The number of aliphatic hydroxyl groups excluding tert-OH is 4. The Morgan fingerprint density at radius 1 is 1.00 bits per heavy atom. The molecule has 3 heterocycles. The first-order chi connectivity index (χ1) is 23.7. The molecule has 1 saturated heterocycles. The van der Waals surface area contributed by atoms with Crippen LogP contribution in [0.1, 0.15) is 71.4 Å². The predicted molar refractivity (Wildman–Crippen MR) is 190 cm³/mol. The molecule has 0 bridgehead atoms. The maximum atomic E-state index is 13.6. The van der Waals surface area contributed by atoms with E-state index in [1.54, 1.807) is 38.1 Å². The molecule has 3 aliphatic rings. The third-order valence-corrected chi connectivity index (χ3v) is 10.9. The van der Waals surface area contributed by atoms with Crippen molar-refractivity contribution in [1.29, 1.82) is 0 Å². The number of fused-ring (bicyclic) bond motifs is 1. The SMILES string of the molecule is CC[C@H]1OC(=O)C[C@@H](O)[C@H](C)[C@@H](O[C@@H]2O[C@H](C)[C@@H](O)[C@H](N(C)C)[C@H]2O)[C@@H](CCN2Cc3ccccc3C2)C[C@@H](C)C(=O)/C=C/C(C)=C/[C@@H]1CO. The van der Waals surface area contributed by atoms with Crippen molar-refractivity contribution in [2.24, 2.45) is 23.7 Å². The summed E-state index contributed by atoms with van der Waals surface area (Å²) < 4.78 is 18.6. The maximum absolute atomic E-state index is 13.6. The Kier molecular flexibility index (Phi) is 14.8. The average molecular weight is 701 g/mol. The van der Waals surface area contributed by atoms with Gasteiger partial charge >= 0.3 is 5.97 Å². The highest BCUT2D eigenvalue weighted by atomic mass is 16.7. The number of allylic oxidation sites excluding steroid dienone is 3. The quantitative estimate of drug-likeness (QED) is 0.296. The van der Waals surface area contributed by atoms with E-state index in [0.717, 1.165) is 18.7 Å². The lowest BCUT2D eigenvalue weighted by Gasteiger charge is -2.46. The van der Waals surface area contributed by atoms with Gasteiger partial charge < -0.3 is 39.5 Å². The molecule has 0 spiro atoms. The lowest BCUT2D eigenvalue weighted by atomic mass is 9.79. The summed E-state index contributed by atoms with van der Waals surface area (Å²) >= 11 is 0. The zero-order valence-corrected chi connectivity index (χ0v) is 30.9. The summed E-state index contributed by atoms with van der Waals surface area (Å²) in [5.41, 5.74) is 3.33. The average Bonchev–Trinajstić information content (AvgIpc) is 3.50. The van der Waals surface area contributed by atoms with Crippen molar-refractivity contribution in [2.75, 3.05) is 27.2 Å². The molecule has 11 heteroatoms. The van der Waals surface area contributed by atoms with Gasteiger partial charge in [0.1, 0.15) is 12.2 Å². The van der Waals surface area contributed by atoms with Crippen LogP contribution in [0.5, 0.6) is 0 Å². The number of carbonyl (C=O) groups is 2. The molecule has 50 heavy (non-hydrogen) atoms. The van der Waals surface area contributed by atoms with Gasteiger partial charge in [0, 0.05) is 30.8 Å². The van der Waals surface area contributed by atoms with Crippen molar-refractivity contribution >= 4 is 11.8 Å². The minimum absolute atomic E-state index is 0.0623. The van der Waals surface area contributed by atoms with Crippen LogP contribution in [0.4, 0.5) is 0 Å². The number of benzene rings is 1. The summed E-state index contributed by atoms with van der Waals surface area (Å²) in [4.78, 5) is 31.0. The van der Waals surface area contributed by atoms with Crippen LogP contribution in [0, 0.1) is 23.7 Å². The fourth-order valence-corrected chi connectivity index (χ4v) is 7.77. The lowest BCUT2D eigenvalue weighted by molar-refractivity contribution is -0.304. The van der Waals surface area contributed by atoms with Crippen LogP contribution in [0.25, 0.3) is 0 Å². The van der Waals surface area contributed by atoms with Crippen molar-refractivity contribution in [3.8, 4) is 0 Å². The van der Waals surface area contributed by atoms with Crippen molar-refractivity contribution in [3.63, 3.8) is 0 Å². The molecule has 0 amide bonds. The number of aliphatic hydroxyl groups is 4. The number of rotatable bonds is 8. The molecule has 0 saturated carbocycles. The Morgan fingerprint density at radius 3 is 2.26 bits per heavy atom. The number of carbonyl (C=O) groups excluding carboxylic acids is 2. The summed E-state index contributed by atoms with van der Waals surface area (Å²) in [7, 11) is 3.55. The van der Waals surface area contributed by atoms with Crippen LogP contribution in [-0.2, 0) is 36.9 Å². The summed E-state index contributed by atoms with van der Waals surface area (Å²) in [6.45, 7) is 11.2. The third-order valence-electron chi connectivity index (χ3n) is 10.9. The molecule has 0 unspecified atom stereocenters. The van der Waals surface area contributed by atoms with Crippen LogP contribution in [0.15, 0.2) is 48.1 Å². The Balaban J connectivity index is 1.70. The number of ketones is 1. The van der Waals surface area contributed by atoms with Gasteiger partial charge in [-0.15, -0.1) is 0 Å². The van der Waals surface area contributed by atoms with Crippen LogP contribution in [0.2, 0.25) is 0 Å². The number of hydrogen-bond acceptors (Lipinski definition) is 11. The standard InChI is InChI=1S/C39H60N2O9/c1-8-33-30(22-42)17-23(2)13-14-31(43)24(3)18-27(15-16-41-20-28-11-9-10-12-29(28)21-41)38(25(4)32(44)19-34(45)49-33)50-39-37(47)35(40(6)7)36(46)26(5)48-39/h9-14,17,24-27,30,32-33,35-39,42,44,46-47H,8,15-16,18-22H2,1-7H3/b14-13+,23-17+/t24-,25+,26-,27+,30-,32-,33-,35+,36-,37-,38-,39+/m1/s1. The minimum Gasteiger partial charge on any atom is -0.462 e. The van der Waals surface area contributed by atoms with E-state index in [9.17, 15) is 30.0 Å². The Morgan fingerprint density at radius 2 is 1.66 bits per heavy atom. The highest BCUT2D eigenvalue weighted by Gasteiger charge is 2.47. The van der Waals surface area contributed by atoms with Crippen LogP contribution < -0.4 is 0 Å². The van der Waals surface area contributed by atoms with E-state index in [1.165, 1.54) is 11.1 Å². The molecular formula is C39H60N2O9. The second kappa shape index (κ2) is 18.3. The topological polar surface area (TPSA) is 149 Å². The van der Waals surface area contributed by atoms with Gasteiger partial charge in [-0.1, -0.05) is 62.8 Å².